The molecule has 0 aromatic rings. The molecule has 3 N–H and O–H groups in total. The number of nitrogens with zero attached hydrogens (tertiary/aromatic N) is 2. The lowest BCUT2D eigenvalue weighted by atomic mass is 9.96. The van der Waals surface area contributed by atoms with Gasteiger partial charge in [0.1, 0.15) is 6.04 Å². The Hall–Kier alpha value is -1.79. The van der Waals surface area contributed by atoms with Crippen LogP contribution >= 0.6 is 0 Å². The predicted molar refractivity (Wildman–Crippen MR) is 66.3 cm³/mol. The van der Waals surface area contributed by atoms with E-state index in [1.165, 1.54) is 4.90 Å². The third kappa shape index (κ3) is 2.80. The van der Waals surface area contributed by atoms with Gasteiger partial charge in [-0.25, -0.2) is 9.59 Å². The summed E-state index contributed by atoms with van der Waals surface area (Å²) in [4.78, 5) is 37.4. The number of hydrogen-bond donors (Lipinski definition) is 2. The molecule has 0 spiro atoms. The average molecular weight is 269 g/mol. The molecule has 0 bridgehead atoms. The zero-order chi connectivity index (χ0) is 14.0. The zero-order valence-electron chi connectivity index (χ0n) is 10.7. The van der Waals surface area contributed by atoms with E-state index in [1.807, 2.05) is 0 Å². The first kappa shape index (κ1) is 13.6. The first-order chi connectivity index (χ1) is 9.00. The number of carbonyl (C=O) groups is 3. The molecule has 7 heteroatoms. The normalized spacial score (nSPS) is 24.5. The largest absolute Gasteiger partial charge is 0.480 e. The molecule has 0 radical (unpaired) electrons. The third-order valence-electron chi connectivity index (χ3n) is 3.95. The number of nitrogens with two attached hydrogens (primary N) is 1. The molecule has 2 aliphatic rings. The quantitative estimate of drug-likeness (QED) is 0.727. The third-order valence-corrected chi connectivity index (χ3v) is 3.95. The molecule has 2 heterocycles. The second kappa shape index (κ2) is 5.46. The highest BCUT2D eigenvalue weighted by molar-refractivity contribution is 5.83. The van der Waals surface area contributed by atoms with Crippen LogP contribution in [0.1, 0.15) is 25.7 Å². The molecule has 2 fully saturated rings. The van der Waals surface area contributed by atoms with Crippen molar-refractivity contribution in [1.29, 1.82) is 0 Å². The smallest absolute Gasteiger partial charge is 0.326 e. The minimum Gasteiger partial charge on any atom is -0.480 e. The second-order valence-corrected chi connectivity index (χ2v) is 5.14. The Morgan fingerprint density at radius 2 is 1.68 bits per heavy atom. The fourth-order valence-corrected chi connectivity index (χ4v) is 2.79. The van der Waals surface area contributed by atoms with Crippen molar-refractivity contribution >= 4 is 17.9 Å². The van der Waals surface area contributed by atoms with E-state index in [0.717, 1.165) is 6.42 Å². The number of carboxylic acids is 1. The van der Waals surface area contributed by atoms with Crippen LogP contribution in [0, 0.1) is 5.92 Å². The summed E-state index contributed by atoms with van der Waals surface area (Å²) in [6.45, 7) is 1.43. The molecule has 0 unspecified atom stereocenters. The molecule has 2 rings (SSSR count). The number of carbonyl (C=O) groups excluding carboxylic acids is 2. The van der Waals surface area contributed by atoms with Gasteiger partial charge in [-0.1, -0.05) is 0 Å². The number of primary amides is 1. The summed E-state index contributed by atoms with van der Waals surface area (Å²) in [5.41, 5.74) is 5.24. The van der Waals surface area contributed by atoms with Gasteiger partial charge in [-0.15, -0.1) is 0 Å². The molecular formula is C12H19N3O4. The molecule has 2 aliphatic heterocycles. The number of urea groups is 1. The van der Waals surface area contributed by atoms with E-state index in [4.69, 9.17) is 10.8 Å². The Bertz CT molecular complexity index is 390. The van der Waals surface area contributed by atoms with Gasteiger partial charge in [0.15, 0.2) is 0 Å². The summed E-state index contributed by atoms with van der Waals surface area (Å²) < 4.78 is 0. The highest BCUT2D eigenvalue weighted by Gasteiger charge is 2.37. The van der Waals surface area contributed by atoms with Gasteiger partial charge < -0.3 is 20.6 Å². The summed E-state index contributed by atoms with van der Waals surface area (Å²) in [5.74, 6) is -1.44. The number of aliphatic carboxylic acids is 1. The average Bonchev–Trinajstić information content (AvgIpc) is 2.87. The summed E-state index contributed by atoms with van der Waals surface area (Å²) in [6.07, 6.45) is 2.36. The van der Waals surface area contributed by atoms with Gasteiger partial charge in [-0.2, -0.15) is 0 Å². The van der Waals surface area contributed by atoms with Crippen molar-refractivity contribution in [2.45, 2.75) is 31.7 Å². The van der Waals surface area contributed by atoms with Crippen LogP contribution in [-0.2, 0) is 9.59 Å². The topological polar surface area (TPSA) is 104 Å². The minimum atomic E-state index is -0.946. The van der Waals surface area contributed by atoms with Crippen molar-refractivity contribution in [3.63, 3.8) is 0 Å². The van der Waals surface area contributed by atoms with Crippen molar-refractivity contribution in [3.8, 4) is 0 Å². The van der Waals surface area contributed by atoms with E-state index in [2.05, 4.69) is 0 Å². The number of carboxylic acid groups (broad SMARTS) is 1. The summed E-state index contributed by atoms with van der Waals surface area (Å²) >= 11 is 0. The Morgan fingerprint density at radius 1 is 1.05 bits per heavy atom. The van der Waals surface area contributed by atoms with Crippen LogP contribution in [-0.4, -0.2) is 58.5 Å². The van der Waals surface area contributed by atoms with Crippen molar-refractivity contribution in [3.05, 3.63) is 0 Å². The maximum Gasteiger partial charge on any atom is 0.326 e. The number of rotatable bonds is 2. The van der Waals surface area contributed by atoms with Crippen LogP contribution in [0.2, 0.25) is 0 Å². The fourth-order valence-electron chi connectivity index (χ4n) is 2.79. The van der Waals surface area contributed by atoms with Crippen molar-refractivity contribution in [1.82, 2.24) is 9.80 Å². The van der Waals surface area contributed by atoms with Gasteiger partial charge in [0.05, 0.1) is 0 Å². The SMILES string of the molecule is NC(=O)C1CCN(C(=O)N2CCC[C@@H]2C(=O)O)CC1. The molecule has 1 atom stereocenters. The van der Waals surface area contributed by atoms with Gasteiger partial charge in [0.25, 0.3) is 0 Å². The zero-order valence-corrected chi connectivity index (χ0v) is 10.7. The Kier molecular flexibility index (Phi) is 3.92. The predicted octanol–water partition coefficient (Wildman–Crippen LogP) is -0.147. The molecule has 0 aromatic heterocycles. The van der Waals surface area contributed by atoms with Crippen LogP contribution in [0.25, 0.3) is 0 Å². The van der Waals surface area contributed by atoms with Gasteiger partial charge in [0.2, 0.25) is 5.91 Å². The van der Waals surface area contributed by atoms with Crippen LogP contribution in [0.15, 0.2) is 0 Å². The Labute approximate surface area is 111 Å². The van der Waals surface area contributed by atoms with Crippen LogP contribution < -0.4 is 5.73 Å². The van der Waals surface area contributed by atoms with Crippen molar-refractivity contribution < 1.29 is 19.5 Å². The number of hydrogen-bond acceptors (Lipinski definition) is 3. The Balaban J connectivity index is 1.94. The van der Waals surface area contributed by atoms with E-state index < -0.39 is 12.0 Å². The number of amides is 3. The standard InChI is InChI=1S/C12H19N3O4/c13-10(16)8-3-6-14(7-4-8)12(19)15-5-1-2-9(15)11(17)18/h8-9H,1-7H2,(H2,13,16)(H,17,18)/t9-/m1/s1. The highest BCUT2D eigenvalue weighted by atomic mass is 16.4. The van der Waals surface area contributed by atoms with E-state index in [9.17, 15) is 14.4 Å². The molecular weight excluding hydrogens is 250 g/mol. The van der Waals surface area contributed by atoms with Gasteiger partial charge in [-0.3, -0.25) is 4.79 Å². The maximum absolute atomic E-state index is 12.3. The second-order valence-electron chi connectivity index (χ2n) is 5.14. The van der Waals surface area contributed by atoms with Crippen molar-refractivity contribution in [2.24, 2.45) is 11.7 Å². The summed E-state index contributed by atoms with van der Waals surface area (Å²) in [6, 6.07) is -0.936. The van der Waals surface area contributed by atoms with Crippen LogP contribution in [0.4, 0.5) is 4.79 Å². The monoisotopic (exact) mass is 269 g/mol. The molecule has 0 aliphatic carbocycles. The number of piperidine rings is 1. The van der Waals surface area contributed by atoms with Crippen LogP contribution in [0.3, 0.4) is 0 Å². The number of likely N-dealkylation sites (tertiary alicyclic amines) is 2. The van der Waals surface area contributed by atoms with E-state index in [1.54, 1.807) is 4.90 Å². The molecule has 2 saturated heterocycles. The molecule has 19 heavy (non-hydrogen) atoms. The molecule has 3 amide bonds. The van der Waals surface area contributed by atoms with E-state index >= 15 is 0 Å². The van der Waals surface area contributed by atoms with Crippen LogP contribution in [0.5, 0.6) is 0 Å². The first-order valence-electron chi connectivity index (χ1n) is 6.58. The molecule has 106 valence electrons. The summed E-state index contributed by atoms with van der Waals surface area (Å²) in [5, 5.41) is 9.07. The maximum atomic E-state index is 12.3. The summed E-state index contributed by atoms with van der Waals surface area (Å²) in [7, 11) is 0. The lowest BCUT2D eigenvalue weighted by Gasteiger charge is -2.34. The van der Waals surface area contributed by atoms with Gasteiger partial charge in [-0.05, 0) is 25.7 Å². The molecule has 0 saturated carbocycles. The van der Waals surface area contributed by atoms with Gasteiger partial charge in [0, 0.05) is 25.6 Å². The van der Waals surface area contributed by atoms with E-state index in [-0.39, 0.29) is 17.9 Å². The minimum absolute atomic E-state index is 0.169. The fraction of sp³-hybridized carbons (Fsp3) is 0.750. The van der Waals surface area contributed by atoms with Crippen molar-refractivity contribution in [2.75, 3.05) is 19.6 Å². The first-order valence-corrected chi connectivity index (χ1v) is 6.58. The Morgan fingerprint density at radius 3 is 2.21 bits per heavy atom. The molecule has 0 aromatic carbocycles. The van der Waals surface area contributed by atoms with E-state index in [0.29, 0.717) is 38.9 Å². The lowest BCUT2D eigenvalue weighted by Crippen LogP contribution is -2.51. The molecule has 7 nitrogen and oxygen atoms in total. The lowest BCUT2D eigenvalue weighted by molar-refractivity contribution is -0.141. The highest BCUT2D eigenvalue weighted by Crippen LogP contribution is 2.23. The van der Waals surface area contributed by atoms with Gasteiger partial charge >= 0.3 is 12.0 Å².